The van der Waals surface area contributed by atoms with E-state index in [0.717, 1.165) is 11.3 Å². The van der Waals surface area contributed by atoms with Crippen molar-refractivity contribution in [2.75, 3.05) is 5.73 Å². The molecule has 0 spiro atoms. The van der Waals surface area contributed by atoms with E-state index in [1.165, 1.54) is 0 Å². The molecular formula is C8H11N3. The molecule has 0 unspecified atom stereocenters. The lowest BCUT2D eigenvalue weighted by atomic mass is 10.2. The molecule has 0 aromatic carbocycles. The number of aryl methyl sites for hydroxylation is 1. The van der Waals surface area contributed by atoms with E-state index in [9.17, 15) is 0 Å². The molecule has 0 aliphatic rings. The van der Waals surface area contributed by atoms with Crippen LogP contribution in [-0.4, -0.2) is 11.2 Å². The van der Waals surface area contributed by atoms with Crippen LogP contribution >= 0.6 is 0 Å². The van der Waals surface area contributed by atoms with Gasteiger partial charge in [-0.05, 0) is 19.4 Å². The summed E-state index contributed by atoms with van der Waals surface area (Å²) < 4.78 is 0. The zero-order chi connectivity index (χ0) is 8.27. The molecule has 0 saturated heterocycles. The Morgan fingerprint density at radius 3 is 2.82 bits per heavy atom. The zero-order valence-electron chi connectivity index (χ0n) is 6.70. The molecule has 0 bridgehead atoms. The summed E-state index contributed by atoms with van der Waals surface area (Å²) in [7, 11) is 0. The van der Waals surface area contributed by atoms with E-state index in [0.29, 0.717) is 5.69 Å². The van der Waals surface area contributed by atoms with Crippen LogP contribution in [0.15, 0.2) is 17.4 Å². The van der Waals surface area contributed by atoms with Gasteiger partial charge >= 0.3 is 0 Å². The van der Waals surface area contributed by atoms with Crippen LogP contribution in [0.5, 0.6) is 0 Å². The quantitative estimate of drug-likeness (QED) is 0.618. The van der Waals surface area contributed by atoms with Crippen LogP contribution in [0.3, 0.4) is 0 Å². The molecule has 58 valence electrons. The lowest BCUT2D eigenvalue weighted by Crippen LogP contribution is -1.89. The maximum Gasteiger partial charge on any atom is 0.0915 e. The standard InChI is InChI=1S/C8H11N3/c1-3-11-8-6(2)4-10-5-7(8)9/h3-5H,9H2,1-2H3. The van der Waals surface area contributed by atoms with Gasteiger partial charge in [0.15, 0.2) is 0 Å². The van der Waals surface area contributed by atoms with Crippen LogP contribution in [0.1, 0.15) is 12.5 Å². The van der Waals surface area contributed by atoms with Gasteiger partial charge in [0.05, 0.1) is 17.6 Å². The summed E-state index contributed by atoms with van der Waals surface area (Å²) in [6.07, 6.45) is 5.08. The SMILES string of the molecule is CC=Nc1c(C)cncc1N. The van der Waals surface area contributed by atoms with Crippen molar-refractivity contribution in [1.29, 1.82) is 0 Å². The molecule has 1 aromatic heterocycles. The average molecular weight is 149 g/mol. The first kappa shape index (κ1) is 7.72. The van der Waals surface area contributed by atoms with Crippen LogP contribution in [-0.2, 0) is 0 Å². The Bertz CT molecular complexity index is 258. The molecule has 0 fully saturated rings. The van der Waals surface area contributed by atoms with Crippen molar-refractivity contribution in [1.82, 2.24) is 4.98 Å². The fourth-order valence-corrected chi connectivity index (χ4v) is 0.885. The van der Waals surface area contributed by atoms with E-state index in [4.69, 9.17) is 5.73 Å². The predicted molar refractivity (Wildman–Crippen MR) is 47.2 cm³/mol. The smallest absolute Gasteiger partial charge is 0.0915 e. The molecule has 1 aromatic rings. The molecule has 0 atom stereocenters. The Morgan fingerprint density at radius 1 is 1.55 bits per heavy atom. The minimum Gasteiger partial charge on any atom is -0.396 e. The Kier molecular flexibility index (Phi) is 2.21. The van der Waals surface area contributed by atoms with Gasteiger partial charge in [0, 0.05) is 12.4 Å². The Balaban J connectivity index is 3.20. The molecule has 0 aliphatic heterocycles. The third kappa shape index (κ3) is 1.55. The number of nitrogen functional groups attached to an aromatic ring is 1. The molecule has 2 N–H and O–H groups in total. The normalized spacial score (nSPS) is 10.7. The van der Waals surface area contributed by atoms with Crippen molar-refractivity contribution >= 4 is 17.6 Å². The van der Waals surface area contributed by atoms with Crippen molar-refractivity contribution in [2.24, 2.45) is 4.99 Å². The summed E-state index contributed by atoms with van der Waals surface area (Å²) in [5.74, 6) is 0. The maximum atomic E-state index is 5.63. The monoisotopic (exact) mass is 149 g/mol. The molecule has 3 nitrogen and oxygen atoms in total. The van der Waals surface area contributed by atoms with Gasteiger partial charge in [-0.2, -0.15) is 0 Å². The van der Waals surface area contributed by atoms with Crippen LogP contribution in [0.25, 0.3) is 0 Å². The number of pyridine rings is 1. The van der Waals surface area contributed by atoms with Gasteiger partial charge in [-0.15, -0.1) is 0 Å². The highest BCUT2D eigenvalue weighted by atomic mass is 14.8. The van der Waals surface area contributed by atoms with Crippen LogP contribution < -0.4 is 5.73 Å². The van der Waals surface area contributed by atoms with Gasteiger partial charge in [0.25, 0.3) is 0 Å². The van der Waals surface area contributed by atoms with Gasteiger partial charge in [0.1, 0.15) is 0 Å². The van der Waals surface area contributed by atoms with Crippen molar-refractivity contribution in [2.45, 2.75) is 13.8 Å². The maximum absolute atomic E-state index is 5.63. The first-order valence-electron chi connectivity index (χ1n) is 3.44. The van der Waals surface area contributed by atoms with Crippen LogP contribution in [0.2, 0.25) is 0 Å². The molecule has 3 heteroatoms. The first-order valence-corrected chi connectivity index (χ1v) is 3.44. The molecule has 0 aliphatic carbocycles. The number of hydrogen-bond donors (Lipinski definition) is 1. The number of rotatable bonds is 1. The minimum atomic E-state index is 0.628. The fourth-order valence-electron chi connectivity index (χ4n) is 0.885. The van der Waals surface area contributed by atoms with Gasteiger partial charge in [0.2, 0.25) is 0 Å². The van der Waals surface area contributed by atoms with Crippen molar-refractivity contribution in [3.63, 3.8) is 0 Å². The van der Waals surface area contributed by atoms with E-state index < -0.39 is 0 Å². The molecule has 0 saturated carbocycles. The lowest BCUT2D eigenvalue weighted by molar-refractivity contribution is 1.26. The van der Waals surface area contributed by atoms with E-state index in [2.05, 4.69) is 9.98 Å². The summed E-state index contributed by atoms with van der Waals surface area (Å²) in [5.41, 5.74) is 8.08. The fraction of sp³-hybridized carbons (Fsp3) is 0.250. The first-order chi connectivity index (χ1) is 5.25. The van der Waals surface area contributed by atoms with Crippen molar-refractivity contribution in [3.05, 3.63) is 18.0 Å². The van der Waals surface area contributed by atoms with Crippen LogP contribution in [0, 0.1) is 6.92 Å². The zero-order valence-corrected chi connectivity index (χ0v) is 6.70. The van der Waals surface area contributed by atoms with Crippen LogP contribution in [0.4, 0.5) is 11.4 Å². The Hall–Kier alpha value is -1.38. The van der Waals surface area contributed by atoms with Gasteiger partial charge in [-0.25, -0.2) is 0 Å². The molecule has 0 radical (unpaired) electrons. The highest BCUT2D eigenvalue weighted by Gasteiger charge is 1.98. The highest BCUT2D eigenvalue weighted by Crippen LogP contribution is 2.23. The lowest BCUT2D eigenvalue weighted by Gasteiger charge is -2.01. The van der Waals surface area contributed by atoms with Crippen molar-refractivity contribution < 1.29 is 0 Å². The van der Waals surface area contributed by atoms with E-state index in [1.807, 2.05) is 13.8 Å². The number of aliphatic imine (C=N–C) groups is 1. The number of anilines is 1. The summed E-state index contributed by atoms with van der Waals surface area (Å²) in [6, 6.07) is 0. The second-order valence-corrected chi connectivity index (χ2v) is 2.28. The topological polar surface area (TPSA) is 51.3 Å². The predicted octanol–water partition coefficient (Wildman–Crippen LogP) is 1.69. The largest absolute Gasteiger partial charge is 0.396 e. The number of hydrogen-bond acceptors (Lipinski definition) is 3. The van der Waals surface area contributed by atoms with Gasteiger partial charge < -0.3 is 5.73 Å². The number of nitrogens with two attached hydrogens (primary N) is 1. The summed E-state index contributed by atoms with van der Waals surface area (Å²) >= 11 is 0. The summed E-state index contributed by atoms with van der Waals surface area (Å²) in [5, 5.41) is 0. The third-order valence-electron chi connectivity index (χ3n) is 1.39. The van der Waals surface area contributed by atoms with E-state index in [1.54, 1.807) is 18.6 Å². The number of aromatic nitrogens is 1. The third-order valence-corrected chi connectivity index (χ3v) is 1.39. The highest BCUT2D eigenvalue weighted by molar-refractivity contribution is 5.71. The summed E-state index contributed by atoms with van der Waals surface area (Å²) in [4.78, 5) is 8.04. The van der Waals surface area contributed by atoms with Gasteiger partial charge in [-0.3, -0.25) is 9.98 Å². The minimum absolute atomic E-state index is 0.628. The Morgan fingerprint density at radius 2 is 2.27 bits per heavy atom. The average Bonchev–Trinajstić information content (AvgIpc) is 1.97. The van der Waals surface area contributed by atoms with Gasteiger partial charge in [-0.1, -0.05) is 0 Å². The Labute approximate surface area is 66.0 Å². The second-order valence-electron chi connectivity index (χ2n) is 2.28. The molecular weight excluding hydrogens is 138 g/mol. The van der Waals surface area contributed by atoms with E-state index >= 15 is 0 Å². The second kappa shape index (κ2) is 3.14. The van der Waals surface area contributed by atoms with Crippen molar-refractivity contribution in [3.8, 4) is 0 Å². The molecule has 1 rings (SSSR count). The molecule has 0 amide bonds. The van der Waals surface area contributed by atoms with E-state index in [-0.39, 0.29) is 0 Å². The molecule has 1 heterocycles. The number of nitrogens with zero attached hydrogens (tertiary/aromatic N) is 2. The summed E-state index contributed by atoms with van der Waals surface area (Å²) in [6.45, 7) is 3.80. The molecule has 11 heavy (non-hydrogen) atoms.